The second-order valence-corrected chi connectivity index (χ2v) is 6.25. The lowest BCUT2D eigenvalue weighted by atomic mass is 9.87. The summed E-state index contributed by atoms with van der Waals surface area (Å²) in [5.41, 5.74) is 1.41. The van der Waals surface area contributed by atoms with E-state index in [1.54, 1.807) is 0 Å². The van der Waals surface area contributed by atoms with E-state index >= 15 is 0 Å². The van der Waals surface area contributed by atoms with Gasteiger partial charge >= 0.3 is 0 Å². The Hall–Kier alpha value is -1.06. The van der Waals surface area contributed by atoms with Gasteiger partial charge in [-0.2, -0.15) is 0 Å². The van der Waals surface area contributed by atoms with Crippen molar-refractivity contribution >= 4 is 0 Å². The van der Waals surface area contributed by atoms with Crippen LogP contribution in [0, 0.1) is 0 Å². The molecule has 0 aliphatic carbocycles. The molecule has 3 nitrogen and oxygen atoms in total. The molecule has 0 amide bonds. The molecule has 1 unspecified atom stereocenters. The van der Waals surface area contributed by atoms with Gasteiger partial charge in [-0.25, -0.2) is 0 Å². The van der Waals surface area contributed by atoms with E-state index in [0.29, 0.717) is 6.61 Å². The van der Waals surface area contributed by atoms with Gasteiger partial charge in [0.25, 0.3) is 0 Å². The van der Waals surface area contributed by atoms with E-state index in [2.05, 4.69) is 45.1 Å². The molecule has 20 heavy (non-hydrogen) atoms. The Bertz CT molecular complexity index is 385. The Morgan fingerprint density at radius 2 is 2.05 bits per heavy atom. The first-order valence-corrected chi connectivity index (χ1v) is 7.55. The van der Waals surface area contributed by atoms with Crippen LogP contribution >= 0.6 is 0 Å². The average Bonchev–Trinajstić information content (AvgIpc) is 2.42. The zero-order valence-electron chi connectivity index (χ0n) is 13.3. The first-order valence-electron chi connectivity index (χ1n) is 7.55. The first-order chi connectivity index (χ1) is 9.47. The molecule has 0 aliphatic heterocycles. The van der Waals surface area contributed by atoms with E-state index in [0.717, 1.165) is 25.1 Å². The van der Waals surface area contributed by atoms with Gasteiger partial charge in [-0.3, -0.25) is 0 Å². The molecule has 3 heteroatoms. The third kappa shape index (κ3) is 5.93. The molecule has 0 aromatic heterocycles. The monoisotopic (exact) mass is 279 g/mol. The highest BCUT2D eigenvalue weighted by atomic mass is 16.5. The van der Waals surface area contributed by atoms with Crippen LogP contribution in [0.3, 0.4) is 0 Å². The number of nitrogens with one attached hydrogen (secondary N) is 1. The predicted octanol–water partition coefficient (Wildman–Crippen LogP) is 3.11. The normalized spacial score (nSPS) is 13.2. The second kappa shape index (κ2) is 8.28. The minimum atomic E-state index is 0.126. The largest absolute Gasteiger partial charge is 0.494 e. The first kappa shape index (κ1) is 17.0. The van der Waals surface area contributed by atoms with Crippen molar-refractivity contribution in [3.8, 4) is 5.75 Å². The van der Waals surface area contributed by atoms with Gasteiger partial charge in [0.05, 0.1) is 13.2 Å². The molecule has 2 N–H and O–H groups in total. The number of ether oxygens (including phenoxy) is 1. The number of aliphatic hydroxyl groups is 1. The van der Waals surface area contributed by atoms with Crippen molar-refractivity contribution in [2.24, 2.45) is 0 Å². The maximum absolute atomic E-state index is 9.28. The predicted molar refractivity (Wildman–Crippen MR) is 84.4 cm³/mol. The number of aliphatic hydroxyl groups excluding tert-OH is 1. The van der Waals surface area contributed by atoms with Crippen LogP contribution in [0.4, 0.5) is 0 Å². The smallest absolute Gasteiger partial charge is 0.119 e. The zero-order valence-corrected chi connectivity index (χ0v) is 13.3. The molecule has 1 aromatic rings. The number of hydrogen-bond donors (Lipinski definition) is 2. The Balaban J connectivity index is 2.45. The van der Waals surface area contributed by atoms with Gasteiger partial charge in [-0.05, 0) is 42.5 Å². The standard InChI is InChI=1S/C17H29NO2/c1-5-10-18-15(13-19)9-11-20-16-8-6-7-14(12-16)17(2,3)4/h6-8,12,15,18-19H,5,9-11,13H2,1-4H3. The van der Waals surface area contributed by atoms with Crippen molar-refractivity contribution in [3.05, 3.63) is 29.8 Å². The fourth-order valence-electron chi connectivity index (χ4n) is 1.98. The van der Waals surface area contributed by atoms with E-state index in [1.807, 2.05) is 12.1 Å². The molecule has 1 aromatic carbocycles. The van der Waals surface area contributed by atoms with Crippen LogP contribution in [0.2, 0.25) is 0 Å². The van der Waals surface area contributed by atoms with Crippen molar-refractivity contribution in [3.63, 3.8) is 0 Å². The summed E-state index contributed by atoms with van der Waals surface area (Å²) in [4.78, 5) is 0. The van der Waals surface area contributed by atoms with Crippen LogP contribution in [-0.2, 0) is 5.41 Å². The molecule has 0 radical (unpaired) electrons. The molecule has 0 aliphatic rings. The third-order valence-corrected chi connectivity index (χ3v) is 3.34. The minimum Gasteiger partial charge on any atom is -0.494 e. The van der Waals surface area contributed by atoms with Gasteiger partial charge in [-0.15, -0.1) is 0 Å². The summed E-state index contributed by atoms with van der Waals surface area (Å²) in [6.45, 7) is 10.4. The fraction of sp³-hybridized carbons (Fsp3) is 0.647. The summed E-state index contributed by atoms with van der Waals surface area (Å²) in [5, 5.41) is 12.6. The Morgan fingerprint density at radius 1 is 1.30 bits per heavy atom. The molecule has 1 rings (SSSR count). The van der Waals surface area contributed by atoms with Crippen LogP contribution in [0.25, 0.3) is 0 Å². The average molecular weight is 279 g/mol. The van der Waals surface area contributed by atoms with E-state index in [9.17, 15) is 5.11 Å². The van der Waals surface area contributed by atoms with Gasteiger partial charge in [0.1, 0.15) is 5.75 Å². The molecule has 0 heterocycles. The zero-order chi connectivity index (χ0) is 15.0. The lowest BCUT2D eigenvalue weighted by Gasteiger charge is -2.20. The van der Waals surface area contributed by atoms with Gasteiger partial charge in [-0.1, -0.05) is 39.8 Å². The summed E-state index contributed by atoms with van der Waals surface area (Å²) in [7, 11) is 0. The van der Waals surface area contributed by atoms with Crippen molar-refractivity contribution < 1.29 is 9.84 Å². The Kier molecular flexibility index (Phi) is 7.03. The summed E-state index contributed by atoms with van der Waals surface area (Å²) in [5.74, 6) is 0.907. The summed E-state index contributed by atoms with van der Waals surface area (Å²) < 4.78 is 5.80. The SMILES string of the molecule is CCCNC(CO)CCOc1cccc(C(C)(C)C)c1. The van der Waals surface area contributed by atoms with Gasteiger partial charge in [0, 0.05) is 6.04 Å². The van der Waals surface area contributed by atoms with Crippen molar-refractivity contribution in [2.75, 3.05) is 19.8 Å². The summed E-state index contributed by atoms with van der Waals surface area (Å²) >= 11 is 0. The molecule has 0 bridgehead atoms. The van der Waals surface area contributed by atoms with Gasteiger partial charge < -0.3 is 15.2 Å². The highest BCUT2D eigenvalue weighted by Gasteiger charge is 2.14. The van der Waals surface area contributed by atoms with E-state index < -0.39 is 0 Å². The lowest BCUT2D eigenvalue weighted by molar-refractivity contribution is 0.208. The molecular formula is C17H29NO2. The highest BCUT2D eigenvalue weighted by Crippen LogP contribution is 2.25. The second-order valence-electron chi connectivity index (χ2n) is 6.25. The van der Waals surface area contributed by atoms with Crippen LogP contribution < -0.4 is 10.1 Å². The molecule has 0 spiro atoms. The Morgan fingerprint density at radius 3 is 2.65 bits per heavy atom. The highest BCUT2D eigenvalue weighted by molar-refractivity contribution is 5.32. The molecule has 114 valence electrons. The topological polar surface area (TPSA) is 41.5 Å². The molecule has 1 atom stereocenters. The fourth-order valence-corrected chi connectivity index (χ4v) is 1.98. The number of rotatable bonds is 8. The number of benzene rings is 1. The third-order valence-electron chi connectivity index (χ3n) is 3.34. The van der Waals surface area contributed by atoms with Crippen molar-refractivity contribution in [2.45, 2.75) is 52.0 Å². The lowest BCUT2D eigenvalue weighted by Crippen LogP contribution is -2.34. The quantitative estimate of drug-likeness (QED) is 0.768. The minimum absolute atomic E-state index is 0.126. The molecule has 0 fully saturated rings. The van der Waals surface area contributed by atoms with Gasteiger partial charge in [0.15, 0.2) is 0 Å². The van der Waals surface area contributed by atoms with Crippen LogP contribution in [0.5, 0.6) is 5.75 Å². The summed E-state index contributed by atoms with van der Waals surface area (Å²) in [6.07, 6.45) is 1.89. The van der Waals surface area contributed by atoms with Crippen LogP contribution in [0.15, 0.2) is 24.3 Å². The maximum Gasteiger partial charge on any atom is 0.119 e. The summed E-state index contributed by atoms with van der Waals surface area (Å²) in [6, 6.07) is 8.39. The van der Waals surface area contributed by atoms with Crippen molar-refractivity contribution in [1.29, 1.82) is 0 Å². The van der Waals surface area contributed by atoms with Gasteiger partial charge in [0.2, 0.25) is 0 Å². The molecular weight excluding hydrogens is 250 g/mol. The molecule has 0 saturated heterocycles. The van der Waals surface area contributed by atoms with E-state index in [1.165, 1.54) is 5.56 Å². The van der Waals surface area contributed by atoms with Crippen LogP contribution in [-0.4, -0.2) is 30.9 Å². The van der Waals surface area contributed by atoms with Crippen LogP contribution in [0.1, 0.15) is 46.1 Å². The van der Waals surface area contributed by atoms with E-state index in [-0.39, 0.29) is 18.1 Å². The molecule has 0 saturated carbocycles. The number of hydrogen-bond acceptors (Lipinski definition) is 3. The maximum atomic E-state index is 9.28. The van der Waals surface area contributed by atoms with Crippen molar-refractivity contribution in [1.82, 2.24) is 5.32 Å². The van der Waals surface area contributed by atoms with E-state index in [4.69, 9.17) is 4.74 Å². The Labute approximate surface area is 123 Å².